The van der Waals surface area contributed by atoms with Crippen LogP contribution in [-0.4, -0.2) is 20.3 Å². The molecule has 1 aromatic heterocycles. The van der Waals surface area contributed by atoms with Crippen molar-refractivity contribution in [2.75, 3.05) is 0 Å². The minimum absolute atomic E-state index is 0.417. The summed E-state index contributed by atoms with van der Waals surface area (Å²) in [5.41, 5.74) is 7.07. The molecular formula is C14H18N2OS. The highest BCUT2D eigenvalue weighted by atomic mass is 32.1. The summed E-state index contributed by atoms with van der Waals surface area (Å²) in [6.07, 6.45) is 2.71. The zero-order valence-corrected chi connectivity index (χ0v) is 11.5. The summed E-state index contributed by atoms with van der Waals surface area (Å²) in [5.74, 6) is 0. The molecule has 2 aromatic rings. The highest BCUT2D eigenvalue weighted by molar-refractivity contribution is 7.80. The highest BCUT2D eigenvalue weighted by Crippen LogP contribution is 2.21. The first-order valence-corrected chi connectivity index (χ1v) is 6.39. The van der Waals surface area contributed by atoms with Crippen molar-refractivity contribution in [1.82, 2.24) is 4.57 Å². The van der Waals surface area contributed by atoms with Crippen LogP contribution in [0.4, 0.5) is 0 Å². The van der Waals surface area contributed by atoms with E-state index in [-0.39, 0.29) is 0 Å². The van der Waals surface area contributed by atoms with Gasteiger partial charge in [-0.2, -0.15) is 0 Å². The standard InChI is InChI=1S/C14H18N2OS/c1-14(2,17)7-9-16-8-6-10-11(13(15)18)4-3-5-12(10)16/h3-6,8,17H,7,9H2,1-2H3,(H2,15,18). The zero-order chi connectivity index (χ0) is 13.3. The molecule has 3 nitrogen and oxygen atoms in total. The Hall–Kier alpha value is -1.39. The molecule has 0 aliphatic heterocycles. The third-order valence-electron chi connectivity index (χ3n) is 3.04. The number of rotatable bonds is 4. The van der Waals surface area contributed by atoms with Gasteiger partial charge < -0.3 is 15.4 Å². The van der Waals surface area contributed by atoms with Crippen LogP contribution in [0.5, 0.6) is 0 Å². The molecule has 1 heterocycles. The van der Waals surface area contributed by atoms with Gasteiger partial charge >= 0.3 is 0 Å². The first-order valence-electron chi connectivity index (χ1n) is 5.98. The fraction of sp³-hybridized carbons (Fsp3) is 0.357. The Morgan fingerprint density at radius 3 is 2.72 bits per heavy atom. The number of aromatic nitrogens is 1. The number of hydrogen-bond donors (Lipinski definition) is 2. The second-order valence-corrected chi connectivity index (χ2v) is 5.61. The van der Waals surface area contributed by atoms with Gasteiger partial charge in [0.25, 0.3) is 0 Å². The van der Waals surface area contributed by atoms with E-state index in [4.69, 9.17) is 18.0 Å². The van der Waals surface area contributed by atoms with Crippen molar-refractivity contribution in [3.63, 3.8) is 0 Å². The number of benzene rings is 1. The smallest absolute Gasteiger partial charge is 0.104 e. The van der Waals surface area contributed by atoms with Crippen LogP contribution in [0.3, 0.4) is 0 Å². The molecule has 0 atom stereocenters. The van der Waals surface area contributed by atoms with E-state index >= 15 is 0 Å². The number of nitrogens with two attached hydrogens (primary N) is 1. The van der Waals surface area contributed by atoms with Gasteiger partial charge in [-0.25, -0.2) is 0 Å². The van der Waals surface area contributed by atoms with E-state index in [1.165, 1.54) is 0 Å². The lowest BCUT2D eigenvalue weighted by Gasteiger charge is -2.17. The summed E-state index contributed by atoms with van der Waals surface area (Å²) in [7, 11) is 0. The fourth-order valence-corrected chi connectivity index (χ4v) is 2.21. The van der Waals surface area contributed by atoms with E-state index in [1.54, 1.807) is 0 Å². The average molecular weight is 262 g/mol. The van der Waals surface area contributed by atoms with E-state index in [0.29, 0.717) is 11.4 Å². The van der Waals surface area contributed by atoms with Crippen LogP contribution in [0, 0.1) is 0 Å². The Morgan fingerprint density at radius 1 is 1.39 bits per heavy atom. The minimum atomic E-state index is -0.655. The van der Waals surface area contributed by atoms with Crippen molar-refractivity contribution in [3.05, 3.63) is 36.0 Å². The number of thiocarbonyl (C=S) groups is 1. The van der Waals surface area contributed by atoms with Crippen molar-refractivity contribution in [2.24, 2.45) is 5.73 Å². The normalized spacial score (nSPS) is 11.9. The average Bonchev–Trinajstić information content (AvgIpc) is 2.68. The third-order valence-corrected chi connectivity index (χ3v) is 3.26. The molecule has 0 saturated carbocycles. The first-order chi connectivity index (χ1) is 8.38. The van der Waals surface area contributed by atoms with Gasteiger partial charge in [0.15, 0.2) is 0 Å². The maximum atomic E-state index is 9.78. The first kappa shape index (κ1) is 13.1. The second-order valence-electron chi connectivity index (χ2n) is 5.17. The lowest BCUT2D eigenvalue weighted by atomic mass is 10.1. The summed E-state index contributed by atoms with van der Waals surface area (Å²) in [5, 5.41) is 10.8. The van der Waals surface area contributed by atoms with Crippen molar-refractivity contribution in [2.45, 2.75) is 32.4 Å². The Balaban J connectivity index is 2.37. The Bertz CT molecular complexity index is 581. The fourth-order valence-electron chi connectivity index (χ4n) is 2.03. The predicted octanol–water partition coefficient (Wildman–Crippen LogP) is 2.44. The molecule has 0 amide bonds. The number of nitrogens with zero attached hydrogens (tertiary/aromatic N) is 1. The number of aliphatic hydroxyl groups is 1. The molecule has 0 aliphatic rings. The molecule has 0 aliphatic carbocycles. The molecule has 18 heavy (non-hydrogen) atoms. The van der Waals surface area contributed by atoms with E-state index in [1.807, 2.05) is 44.3 Å². The van der Waals surface area contributed by atoms with Crippen LogP contribution < -0.4 is 5.73 Å². The van der Waals surface area contributed by atoms with E-state index in [0.717, 1.165) is 23.0 Å². The molecule has 2 rings (SSSR count). The molecule has 3 N–H and O–H groups in total. The van der Waals surface area contributed by atoms with Gasteiger partial charge in [0.2, 0.25) is 0 Å². The molecular weight excluding hydrogens is 244 g/mol. The van der Waals surface area contributed by atoms with Crippen molar-refractivity contribution < 1.29 is 5.11 Å². The summed E-state index contributed by atoms with van der Waals surface area (Å²) in [4.78, 5) is 0.417. The van der Waals surface area contributed by atoms with Gasteiger partial charge in [-0.3, -0.25) is 0 Å². The monoisotopic (exact) mass is 262 g/mol. The van der Waals surface area contributed by atoms with E-state index in [2.05, 4.69) is 4.57 Å². The molecule has 1 aromatic carbocycles. The largest absolute Gasteiger partial charge is 0.390 e. The van der Waals surface area contributed by atoms with Crippen LogP contribution in [0.2, 0.25) is 0 Å². The molecule has 0 fully saturated rings. The summed E-state index contributed by atoms with van der Waals surface area (Å²) in [6.45, 7) is 4.41. The van der Waals surface area contributed by atoms with Crippen molar-refractivity contribution in [1.29, 1.82) is 0 Å². The summed E-state index contributed by atoms with van der Waals surface area (Å²) >= 11 is 5.05. The van der Waals surface area contributed by atoms with Gasteiger partial charge in [0.1, 0.15) is 4.99 Å². The molecule has 96 valence electrons. The molecule has 4 heteroatoms. The van der Waals surface area contributed by atoms with Crippen LogP contribution >= 0.6 is 12.2 Å². The van der Waals surface area contributed by atoms with Gasteiger partial charge in [0.05, 0.1) is 5.60 Å². The Morgan fingerprint density at radius 2 is 2.11 bits per heavy atom. The van der Waals surface area contributed by atoms with Crippen molar-refractivity contribution in [3.8, 4) is 0 Å². The molecule has 0 bridgehead atoms. The van der Waals surface area contributed by atoms with Crippen LogP contribution in [0.15, 0.2) is 30.5 Å². The van der Waals surface area contributed by atoms with Gasteiger partial charge in [0, 0.05) is 29.2 Å². The molecule has 0 radical (unpaired) electrons. The van der Waals surface area contributed by atoms with Crippen molar-refractivity contribution >= 4 is 28.1 Å². The maximum Gasteiger partial charge on any atom is 0.104 e. The Kier molecular flexibility index (Phi) is 3.41. The second kappa shape index (κ2) is 4.71. The van der Waals surface area contributed by atoms with Gasteiger partial charge in [-0.15, -0.1) is 0 Å². The van der Waals surface area contributed by atoms with E-state index in [9.17, 15) is 5.11 Å². The van der Waals surface area contributed by atoms with Gasteiger partial charge in [-0.05, 0) is 32.4 Å². The lowest BCUT2D eigenvalue weighted by molar-refractivity contribution is 0.0666. The number of hydrogen-bond acceptors (Lipinski definition) is 2. The maximum absolute atomic E-state index is 9.78. The Labute approximate surface area is 112 Å². The van der Waals surface area contributed by atoms with Crippen LogP contribution in [0.25, 0.3) is 10.9 Å². The third kappa shape index (κ3) is 2.71. The number of fused-ring (bicyclic) bond motifs is 1. The molecule has 0 spiro atoms. The highest BCUT2D eigenvalue weighted by Gasteiger charge is 2.13. The SMILES string of the molecule is CC(C)(O)CCn1ccc2c(C(N)=S)cccc21. The number of aryl methyl sites for hydroxylation is 1. The minimum Gasteiger partial charge on any atom is -0.390 e. The molecule has 0 saturated heterocycles. The zero-order valence-electron chi connectivity index (χ0n) is 10.7. The molecule has 0 unspecified atom stereocenters. The lowest BCUT2D eigenvalue weighted by Crippen LogP contribution is -2.20. The predicted molar refractivity (Wildman–Crippen MR) is 78.7 cm³/mol. The van der Waals surface area contributed by atoms with Crippen LogP contribution in [0.1, 0.15) is 25.8 Å². The summed E-state index contributed by atoms with van der Waals surface area (Å²) in [6, 6.07) is 7.96. The summed E-state index contributed by atoms with van der Waals surface area (Å²) < 4.78 is 2.12. The van der Waals surface area contributed by atoms with Crippen LogP contribution in [-0.2, 0) is 6.54 Å². The topological polar surface area (TPSA) is 51.2 Å². The quantitative estimate of drug-likeness (QED) is 0.832. The van der Waals surface area contributed by atoms with E-state index < -0.39 is 5.60 Å². The van der Waals surface area contributed by atoms with Gasteiger partial charge in [-0.1, -0.05) is 24.4 Å².